The van der Waals surface area contributed by atoms with Gasteiger partial charge in [0.25, 0.3) is 0 Å². The van der Waals surface area contributed by atoms with E-state index < -0.39 is 14.1 Å². The molecule has 0 amide bonds. The molecule has 4 unspecified atom stereocenters. The van der Waals surface area contributed by atoms with Crippen LogP contribution in [0.3, 0.4) is 0 Å². The van der Waals surface area contributed by atoms with Crippen LogP contribution in [-0.4, -0.2) is 26.3 Å². The Morgan fingerprint density at radius 1 is 0.842 bits per heavy atom. The quantitative estimate of drug-likeness (QED) is 0.343. The molecule has 0 aromatic heterocycles. The summed E-state index contributed by atoms with van der Waals surface area (Å²) in [5.41, 5.74) is 0. The first-order valence-corrected chi connectivity index (χ1v) is 8.52. The van der Waals surface area contributed by atoms with Crippen molar-refractivity contribution in [3.05, 3.63) is 10.1 Å². The summed E-state index contributed by atoms with van der Waals surface area (Å²) < 4.78 is 4.35. The van der Waals surface area contributed by atoms with E-state index >= 15 is 0 Å². The number of hydrogen-bond donors (Lipinski definition) is 0. The van der Waals surface area contributed by atoms with Crippen LogP contribution in [0.2, 0.25) is 0 Å². The molecule has 5 rings (SSSR count). The number of rotatable bonds is 0. The van der Waals surface area contributed by atoms with Gasteiger partial charge in [-0.25, -0.2) is 0 Å². The van der Waals surface area contributed by atoms with Gasteiger partial charge in [-0.15, -0.1) is 23.2 Å². The van der Waals surface area contributed by atoms with Crippen molar-refractivity contribution in [3.8, 4) is 0 Å². The molecule has 0 radical (unpaired) electrons. The summed E-state index contributed by atoms with van der Waals surface area (Å²) >= 11 is 39.5. The van der Waals surface area contributed by atoms with Gasteiger partial charge in [0.05, 0.1) is 22.3 Å². The lowest BCUT2D eigenvalue weighted by atomic mass is 9.73. The van der Waals surface area contributed by atoms with E-state index in [1.807, 2.05) is 0 Å². The Bertz CT molecular complexity index is 516. The molecule has 1 saturated heterocycles. The molecule has 0 N–H and O–H groups in total. The van der Waals surface area contributed by atoms with Crippen LogP contribution < -0.4 is 0 Å². The molecule has 4 bridgehead atoms. The van der Waals surface area contributed by atoms with Gasteiger partial charge in [-0.3, -0.25) is 0 Å². The van der Waals surface area contributed by atoms with Crippen molar-refractivity contribution in [3.63, 3.8) is 0 Å². The molecule has 19 heavy (non-hydrogen) atoms. The molecular weight excluding hydrogens is 373 g/mol. The van der Waals surface area contributed by atoms with Crippen molar-refractivity contribution in [2.75, 3.05) is 0 Å². The Balaban J connectivity index is 1.80. The summed E-state index contributed by atoms with van der Waals surface area (Å²) in [7, 11) is 0. The van der Waals surface area contributed by atoms with Gasteiger partial charge in [0.1, 0.15) is 9.75 Å². The second kappa shape index (κ2) is 3.20. The van der Waals surface area contributed by atoms with E-state index in [0.29, 0.717) is 21.9 Å². The van der Waals surface area contributed by atoms with Crippen LogP contribution in [0.4, 0.5) is 0 Å². The normalized spacial score (nSPS) is 66.6. The lowest BCUT2D eigenvalue weighted by Gasteiger charge is -2.38. The number of ether oxygens (including phenoxy) is 1. The smallest absolute Gasteiger partial charge is 0.166 e. The molecule has 7 heteroatoms. The number of hydrogen-bond acceptors (Lipinski definition) is 1. The first-order chi connectivity index (χ1) is 8.78. The van der Waals surface area contributed by atoms with E-state index in [0.717, 1.165) is 6.42 Å². The maximum absolute atomic E-state index is 6.82. The molecule has 1 heterocycles. The van der Waals surface area contributed by atoms with Gasteiger partial charge in [-0.1, -0.05) is 46.4 Å². The lowest BCUT2D eigenvalue weighted by Crippen LogP contribution is -2.46. The zero-order valence-electron chi connectivity index (χ0n) is 9.35. The average Bonchev–Trinajstić information content (AvgIpc) is 2.91. The highest BCUT2D eigenvalue weighted by Crippen LogP contribution is 2.84. The van der Waals surface area contributed by atoms with Crippen LogP contribution in [-0.2, 0) is 4.74 Å². The largest absolute Gasteiger partial charge is 0.369 e. The first kappa shape index (κ1) is 12.9. The second-order valence-corrected chi connectivity index (χ2v) is 9.58. The number of alkyl halides is 4. The summed E-state index contributed by atoms with van der Waals surface area (Å²) in [6, 6.07) is 0. The van der Waals surface area contributed by atoms with E-state index in [9.17, 15) is 0 Å². The number of epoxide rings is 1. The third-order valence-corrected chi connectivity index (χ3v) is 10.2. The summed E-state index contributed by atoms with van der Waals surface area (Å²) in [4.78, 5) is -2.17. The number of allylic oxidation sites excluding steroid dienone is 2. The van der Waals surface area contributed by atoms with Gasteiger partial charge < -0.3 is 4.74 Å². The van der Waals surface area contributed by atoms with Crippen LogP contribution in [0.5, 0.6) is 0 Å². The standard InChI is InChI=1S/C12H8Cl6O/c13-8-9(14)11(16)5-3-1-2(6-7(3)19-6)4(5)10(8,15)12(11,17)18/h2-7H,1H2/t2-,3-,4?,5?,6?,7?,10-,11-/m0/s1. The zero-order valence-corrected chi connectivity index (χ0v) is 13.9. The van der Waals surface area contributed by atoms with Gasteiger partial charge in [-0.2, -0.15) is 0 Å². The molecule has 4 fully saturated rings. The van der Waals surface area contributed by atoms with Crippen molar-refractivity contribution in [2.24, 2.45) is 23.7 Å². The van der Waals surface area contributed by atoms with Gasteiger partial charge >= 0.3 is 0 Å². The first-order valence-electron chi connectivity index (χ1n) is 6.25. The predicted molar refractivity (Wildman–Crippen MR) is 77.6 cm³/mol. The SMILES string of the molecule is ClC1=C(Cl)[C@@]2(Cl)C3C([C@@H]4C[C@@H]3C3OC34)[C@@]1(Cl)C2(Cl)Cl. The second-order valence-electron chi connectivity index (χ2n) is 6.31. The Morgan fingerprint density at radius 3 is 1.68 bits per heavy atom. The minimum absolute atomic E-state index is 0.0467. The maximum Gasteiger partial charge on any atom is 0.166 e. The Hall–Kier alpha value is 1.44. The molecule has 4 aliphatic carbocycles. The van der Waals surface area contributed by atoms with Crippen LogP contribution in [0.1, 0.15) is 6.42 Å². The molecule has 104 valence electrons. The molecule has 0 spiro atoms. The van der Waals surface area contributed by atoms with Gasteiger partial charge in [-0.05, 0) is 30.1 Å². The fourth-order valence-corrected chi connectivity index (χ4v) is 8.43. The van der Waals surface area contributed by atoms with E-state index in [2.05, 4.69) is 0 Å². The third kappa shape index (κ3) is 0.986. The Kier molecular flexibility index (Phi) is 2.18. The van der Waals surface area contributed by atoms with Crippen LogP contribution in [0.15, 0.2) is 10.1 Å². The van der Waals surface area contributed by atoms with Gasteiger partial charge in [0, 0.05) is 0 Å². The summed E-state index contributed by atoms with van der Waals surface area (Å²) in [5, 5.41) is 0.642. The molecule has 1 nitrogen and oxygen atoms in total. The highest BCUT2D eigenvalue weighted by atomic mass is 35.5. The van der Waals surface area contributed by atoms with Crippen LogP contribution in [0.25, 0.3) is 0 Å². The van der Waals surface area contributed by atoms with E-state index in [1.54, 1.807) is 0 Å². The van der Waals surface area contributed by atoms with Crippen molar-refractivity contribution in [1.29, 1.82) is 0 Å². The number of fused-ring (bicyclic) bond motifs is 12. The molecule has 0 aromatic carbocycles. The molecule has 1 aliphatic heterocycles. The Morgan fingerprint density at radius 2 is 1.26 bits per heavy atom. The van der Waals surface area contributed by atoms with Crippen molar-refractivity contribution in [2.45, 2.75) is 32.7 Å². The number of halogens is 6. The highest BCUT2D eigenvalue weighted by molar-refractivity contribution is 6.65. The zero-order chi connectivity index (χ0) is 13.5. The minimum Gasteiger partial charge on any atom is -0.369 e. The van der Waals surface area contributed by atoms with Crippen LogP contribution in [0, 0.1) is 23.7 Å². The van der Waals surface area contributed by atoms with E-state index in [1.165, 1.54) is 0 Å². The minimum atomic E-state index is -1.37. The molecule has 0 aromatic rings. The summed E-state index contributed by atoms with van der Waals surface area (Å²) in [6.07, 6.45) is 1.63. The fraction of sp³-hybridized carbons (Fsp3) is 0.833. The third-order valence-electron chi connectivity index (χ3n) is 5.92. The van der Waals surface area contributed by atoms with Gasteiger partial charge in [0.15, 0.2) is 4.33 Å². The average molecular weight is 381 g/mol. The summed E-state index contributed by atoms with van der Waals surface area (Å²) in [5.74, 6) is 0.776. The highest BCUT2D eigenvalue weighted by Gasteiger charge is 2.89. The molecule has 5 aliphatic rings. The molecule has 3 saturated carbocycles. The van der Waals surface area contributed by atoms with Crippen LogP contribution >= 0.6 is 69.6 Å². The fourth-order valence-electron chi connectivity index (χ4n) is 5.30. The Labute approximate surface area is 140 Å². The lowest BCUT2D eigenvalue weighted by molar-refractivity contribution is 0.237. The van der Waals surface area contributed by atoms with E-state index in [4.69, 9.17) is 74.3 Å². The van der Waals surface area contributed by atoms with Crippen molar-refractivity contribution in [1.82, 2.24) is 0 Å². The molecular formula is C12H8Cl6O. The van der Waals surface area contributed by atoms with Crippen molar-refractivity contribution >= 4 is 69.6 Å². The topological polar surface area (TPSA) is 12.5 Å². The van der Waals surface area contributed by atoms with Gasteiger partial charge in [0.2, 0.25) is 0 Å². The summed E-state index contributed by atoms with van der Waals surface area (Å²) in [6.45, 7) is 0. The monoisotopic (exact) mass is 378 g/mol. The van der Waals surface area contributed by atoms with Crippen molar-refractivity contribution < 1.29 is 4.74 Å². The predicted octanol–water partition coefficient (Wildman–Crippen LogP) is 4.48. The van der Waals surface area contributed by atoms with E-state index in [-0.39, 0.29) is 24.0 Å². The molecule has 8 atom stereocenters. The maximum atomic E-state index is 6.82.